The van der Waals surface area contributed by atoms with Crippen LogP contribution in [0.15, 0.2) is 124 Å². The van der Waals surface area contributed by atoms with Gasteiger partial charge in [0.15, 0.2) is 11.5 Å². The standard InChI is InChI=1S/C45H40N6O6/c52-42(25-34-9-5-21-50(34)44(54)40-23-30-7-1-3-11-38(30)56-40)46-32-17-13-28(14-18-32)36-27-37(49-48-36)29-15-19-33(20-16-29)47-43(53)26-35-10-6-22-51(35)45(55)41-24-31-8-2-4-12-39(31)57-41/h1-4,7-8,11-20,23-24,27,34-35H,5-6,9-10,21-22,25-26H2,(H,46,52)(H,47,53)(H,48,49)/t34-,35-/m0/s1. The lowest BCUT2D eigenvalue weighted by Gasteiger charge is -2.23. The summed E-state index contributed by atoms with van der Waals surface area (Å²) in [5.74, 6) is -0.111. The third-order valence-electron chi connectivity index (χ3n) is 10.9. The van der Waals surface area contributed by atoms with E-state index in [2.05, 4.69) is 20.8 Å². The highest BCUT2D eigenvalue weighted by molar-refractivity contribution is 5.98. The van der Waals surface area contributed by atoms with E-state index < -0.39 is 0 Å². The van der Waals surface area contributed by atoms with Crippen LogP contribution in [-0.4, -0.2) is 68.8 Å². The van der Waals surface area contributed by atoms with Crippen molar-refractivity contribution in [2.45, 2.75) is 50.6 Å². The number of para-hydroxylation sites is 2. The molecule has 286 valence electrons. The minimum atomic E-state index is -0.201. The Labute approximate surface area is 327 Å². The smallest absolute Gasteiger partial charge is 0.289 e. The van der Waals surface area contributed by atoms with Gasteiger partial charge in [0.2, 0.25) is 11.8 Å². The average Bonchev–Trinajstić information content (AvgIpc) is 4.08. The highest BCUT2D eigenvalue weighted by Crippen LogP contribution is 2.30. The monoisotopic (exact) mass is 760 g/mol. The number of benzene rings is 4. The lowest BCUT2D eigenvalue weighted by atomic mass is 10.1. The van der Waals surface area contributed by atoms with Gasteiger partial charge >= 0.3 is 0 Å². The lowest BCUT2D eigenvalue weighted by molar-refractivity contribution is -0.117. The average molecular weight is 761 g/mol. The van der Waals surface area contributed by atoms with Gasteiger partial charge in [-0.25, -0.2) is 0 Å². The fourth-order valence-corrected chi connectivity index (χ4v) is 8.02. The normalized spacial score (nSPS) is 16.7. The summed E-state index contributed by atoms with van der Waals surface area (Å²) in [5.41, 5.74) is 5.97. The Morgan fingerprint density at radius 3 is 1.58 bits per heavy atom. The van der Waals surface area contributed by atoms with Gasteiger partial charge in [0.25, 0.3) is 11.8 Å². The van der Waals surface area contributed by atoms with Crippen molar-refractivity contribution in [3.8, 4) is 22.5 Å². The zero-order chi connectivity index (χ0) is 38.9. The van der Waals surface area contributed by atoms with Crippen LogP contribution in [0.25, 0.3) is 44.5 Å². The molecule has 0 aliphatic carbocycles. The lowest BCUT2D eigenvalue weighted by Crippen LogP contribution is -2.37. The van der Waals surface area contributed by atoms with Gasteiger partial charge in [-0.2, -0.15) is 5.10 Å². The topological polar surface area (TPSA) is 154 Å². The molecule has 4 aromatic carbocycles. The molecule has 0 saturated carbocycles. The maximum atomic E-state index is 13.3. The van der Waals surface area contributed by atoms with Crippen LogP contribution in [0.1, 0.15) is 59.6 Å². The molecule has 4 amide bonds. The minimum absolute atomic E-state index is 0.157. The number of fused-ring (bicyclic) bond motifs is 2. The van der Waals surface area contributed by atoms with Crippen LogP contribution < -0.4 is 10.6 Å². The van der Waals surface area contributed by atoms with E-state index in [1.165, 1.54) is 0 Å². The molecule has 7 aromatic rings. The molecule has 2 fully saturated rings. The summed E-state index contributed by atoms with van der Waals surface area (Å²) in [6.07, 6.45) is 3.58. The number of H-pyrrole nitrogens is 1. The summed E-state index contributed by atoms with van der Waals surface area (Å²) in [5, 5.41) is 15.3. The Kier molecular flexibility index (Phi) is 9.59. The molecule has 57 heavy (non-hydrogen) atoms. The number of carbonyl (C=O) groups is 4. The molecule has 9 rings (SSSR count). The number of nitrogens with one attached hydrogen (secondary N) is 3. The molecule has 0 radical (unpaired) electrons. The molecule has 12 heteroatoms. The Bertz CT molecular complexity index is 2360. The van der Waals surface area contributed by atoms with E-state index in [1.54, 1.807) is 21.9 Å². The van der Waals surface area contributed by atoms with Crippen LogP contribution in [0.3, 0.4) is 0 Å². The number of aromatic amines is 1. The second-order valence-corrected chi connectivity index (χ2v) is 14.7. The second-order valence-electron chi connectivity index (χ2n) is 14.7. The van der Waals surface area contributed by atoms with E-state index in [9.17, 15) is 19.2 Å². The van der Waals surface area contributed by atoms with Crippen molar-refractivity contribution in [3.05, 3.63) is 127 Å². The van der Waals surface area contributed by atoms with Crippen LogP contribution in [0.5, 0.6) is 0 Å². The number of likely N-dealkylation sites (tertiary alicyclic amines) is 2. The summed E-state index contributed by atoms with van der Waals surface area (Å²) in [4.78, 5) is 56.2. The Morgan fingerprint density at radius 2 is 1.09 bits per heavy atom. The SMILES string of the molecule is O=C(C[C@@H]1CCCN1C(=O)c1cc2ccccc2o1)Nc1ccc(-c2cc(-c3ccc(NC(=O)C[C@@H]4CCCN4C(=O)c4cc5ccccc5o4)cc3)[nH]n2)cc1. The van der Waals surface area contributed by atoms with E-state index in [0.29, 0.717) is 47.2 Å². The predicted octanol–water partition coefficient (Wildman–Crippen LogP) is 8.50. The van der Waals surface area contributed by atoms with Gasteiger partial charge in [0.1, 0.15) is 11.2 Å². The molecule has 0 spiro atoms. The number of hydrogen-bond acceptors (Lipinski definition) is 7. The maximum Gasteiger partial charge on any atom is 0.289 e. The highest BCUT2D eigenvalue weighted by Gasteiger charge is 2.34. The van der Waals surface area contributed by atoms with E-state index in [1.807, 2.05) is 103 Å². The van der Waals surface area contributed by atoms with Crippen molar-refractivity contribution in [2.24, 2.45) is 0 Å². The maximum absolute atomic E-state index is 13.3. The number of rotatable bonds is 10. The van der Waals surface area contributed by atoms with Crippen molar-refractivity contribution < 1.29 is 28.0 Å². The minimum Gasteiger partial charge on any atom is -0.451 e. The van der Waals surface area contributed by atoms with Gasteiger partial charge in [-0.15, -0.1) is 0 Å². The summed E-state index contributed by atoms with van der Waals surface area (Å²) in [6, 6.07) is 35.1. The number of nitrogens with zero attached hydrogens (tertiary/aromatic N) is 3. The molecule has 5 heterocycles. The van der Waals surface area contributed by atoms with Gasteiger partial charge in [-0.1, -0.05) is 60.7 Å². The van der Waals surface area contributed by atoms with Crippen LogP contribution in [0, 0.1) is 0 Å². The van der Waals surface area contributed by atoms with Crippen molar-refractivity contribution in [1.29, 1.82) is 0 Å². The molecular formula is C45H40N6O6. The van der Waals surface area contributed by atoms with E-state index in [0.717, 1.165) is 59.0 Å². The van der Waals surface area contributed by atoms with E-state index in [4.69, 9.17) is 8.83 Å². The molecule has 12 nitrogen and oxygen atoms in total. The van der Waals surface area contributed by atoms with Crippen molar-refractivity contribution in [2.75, 3.05) is 23.7 Å². The quantitative estimate of drug-likeness (QED) is 0.126. The molecule has 3 aromatic heterocycles. The van der Waals surface area contributed by atoms with Crippen LogP contribution in [0.2, 0.25) is 0 Å². The summed E-state index contributed by atoms with van der Waals surface area (Å²) < 4.78 is 11.6. The largest absolute Gasteiger partial charge is 0.451 e. The summed E-state index contributed by atoms with van der Waals surface area (Å²) in [6.45, 7) is 1.18. The zero-order valence-corrected chi connectivity index (χ0v) is 31.1. The third kappa shape index (κ3) is 7.53. The first-order valence-corrected chi connectivity index (χ1v) is 19.3. The van der Waals surface area contributed by atoms with Gasteiger partial charge in [-0.3, -0.25) is 24.3 Å². The molecule has 2 saturated heterocycles. The van der Waals surface area contributed by atoms with Crippen LogP contribution in [0.4, 0.5) is 11.4 Å². The second kappa shape index (κ2) is 15.3. The van der Waals surface area contributed by atoms with E-state index >= 15 is 0 Å². The third-order valence-corrected chi connectivity index (χ3v) is 10.9. The fourth-order valence-electron chi connectivity index (χ4n) is 8.02. The number of amides is 4. The van der Waals surface area contributed by atoms with Crippen LogP contribution in [-0.2, 0) is 9.59 Å². The number of furan rings is 2. The Balaban J connectivity index is 0.768. The van der Waals surface area contributed by atoms with Gasteiger partial charge in [0.05, 0.1) is 11.4 Å². The molecule has 0 bridgehead atoms. The molecule has 3 N–H and O–H groups in total. The van der Waals surface area contributed by atoms with Crippen molar-refractivity contribution in [3.63, 3.8) is 0 Å². The van der Waals surface area contributed by atoms with Gasteiger partial charge in [-0.05, 0) is 85.8 Å². The summed E-state index contributed by atoms with van der Waals surface area (Å²) >= 11 is 0. The van der Waals surface area contributed by atoms with Crippen LogP contribution >= 0.6 is 0 Å². The molecule has 2 atom stereocenters. The Morgan fingerprint density at radius 1 is 0.614 bits per heavy atom. The Hall–Kier alpha value is -6.95. The van der Waals surface area contributed by atoms with Crippen molar-refractivity contribution >= 4 is 56.9 Å². The first-order chi connectivity index (χ1) is 27.8. The molecule has 2 aliphatic rings. The number of carbonyl (C=O) groups excluding carboxylic acids is 4. The number of anilines is 2. The van der Waals surface area contributed by atoms with Crippen molar-refractivity contribution in [1.82, 2.24) is 20.0 Å². The molecule has 2 aliphatic heterocycles. The van der Waals surface area contributed by atoms with E-state index in [-0.39, 0.29) is 48.6 Å². The van der Waals surface area contributed by atoms with Gasteiger partial charge in [0, 0.05) is 65.7 Å². The number of hydrogen-bond donors (Lipinski definition) is 3. The molecule has 0 unspecified atom stereocenters. The first kappa shape index (κ1) is 35.7. The highest BCUT2D eigenvalue weighted by atomic mass is 16.4. The predicted molar refractivity (Wildman–Crippen MR) is 216 cm³/mol. The fraction of sp³-hybridized carbons (Fsp3) is 0.222. The summed E-state index contributed by atoms with van der Waals surface area (Å²) in [7, 11) is 0. The molecular weight excluding hydrogens is 721 g/mol. The number of aromatic nitrogens is 2. The first-order valence-electron chi connectivity index (χ1n) is 19.3. The zero-order valence-electron chi connectivity index (χ0n) is 31.1. The van der Waals surface area contributed by atoms with Gasteiger partial charge < -0.3 is 29.3 Å².